The molecule has 0 atom stereocenters. The molecule has 1 aromatic heterocycles. The van der Waals surface area contributed by atoms with Gasteiger partial charge in [0.25, 0.3) is 0 Å². The number of aromatic hydroxyl groups is 1. The average Bonchev–Trinajstić information content (AvgIpc) is 2.36. The molecule has 19 heavy (non-hydrogen) atoms. The lowest BCUT2D eigenvalue weighted by molar-refractivity contribution is 0.464. The summed E-state index contributed by atoms with van der Waals surface area (Å²) in [5.41, 5.74) is 0.783. The topological polar surface area (TPSA) is 45.1 Å². The van der Waals surface area contributed by atoms with Crippen LogP contribution in [0.3, 0.4) is 0 Å². The van der Waals surface area contributed by atoms with E-state index in [2.05, 4.69) is 10.3 Å². The smallest absolute Gasteiger partial charge is 0.161 e. The number of halogens is 3. The molecule has 0 unspecified atom stereocenters. The number of hydrogen-bond acceptors (Lipinski definition) is 3. The molecule has 0 saturated heterocycles. The van der Waals surface area contributed by atoms with Crippen molar-refractivity contribution in [1.82, 2.24) is 4.98 Å². The van der Waals surface area contributed by atoms with Gasteiger partial charge in [-0.05, 0) is 19.1 Å². The summed E-state index contributed by atoms with van der Waals surface area (Å²) in [7, 11) is 0. The van der Waals surface area contributed by atoms with Crippen LogP contribution in [-0.4, -0.2) is 10.1 Å². The summed E-state index contributed by atoms with van der Waals surface area (Å²) in [5.74, 6) is -3.36. The first-order chi connectivity index (χ1) is 8.97. The molecule has 0 fully saturated rings. The molecule has 0 spiro atoms. The van der Waals surface area contributed by atoms with E-state index in [0.717, 1.165) is 6.07 Å². The fraction of sp³-hybridized carbons (Fsp3) is 0.154. The number of aryl methyl sites for hydroxylation is 1. The van der Waals surface area contributed by atoms with Crippen molar-refractivity contribution >= 4 is 5.69 Å². The standard InChI is InChI=1S/C13H11F3N2O/c1-7-2-3-13(19)12(18-7)6-17-11-5-9(15)8(14)4-10(11)16/h2-5,17,19H,6H2,1H3. The van der Waals surface area contributed by atoms with Crippen molar-refractivity contribution < 1.29 is 18.3 Å². The maximum Gasteiger partial charge on any atom is 0.161 e. The summed E-state index contributed by atoms with van der Waals surface area (Å²) in [6, 6.07) is 4.26. The van der Waals surface area contributed by atoms with Gasteiger partial charge in [0.1, 0.15) is 17.3 Å². The summed E-state index contributed by atoms with van der Waals surface area (Å²) in [5, 5.41) is 12.1. The van der Waals surface area contributed by atoms with Gasteiger partial charge in [-0.25, -0.2) is 13.2 Å². The van der Waals surface area contributed by atoms with Gasteiger partial charge in [-0.3, -0.25) is 4.98 Å². The van der Waals surface area contributed by atoms with Gasteiger partial charge < -0.3 is 10.4 Å². The summed E-state index contributed by atoms with van der Waals surface area (Å²) < 4.78 is 39.1. The highest BCUT2D eigenvalue weighted by molar-refractivity contribution is 5.46. The first kappa shape index (κ1) is 13.2. The van der Waals surface area contributed by atoms with Crippen molar-refractivity contribution in [3.8, 4) is 5.75 Å². The number of nitrogens with one attached hydrogen (secondary N) is 1. The van der Waals surface area contributed by atoms with Crippen molar-refractivity contribution in [2.75, 3.05) is 5.32 Å². The SMILES string of the molecule is Cc1ccc(O)c(CNc2cc(F)c(F)cc2F)n1. The molecule has 0 aliphatic carbocycles. The van der Waals surface area contributed by atoms with Crippen molar-refractivity contribution in [2.24, 2.45) is 0 Å². The van der Waals surface area contributed by atoms with E-state index in [-0.39, 0.29) is 18.0 Å². The molecule has 2 N–H and O–H groups in total. The predicted molar refractivity (Wildman–Crippen MR) is 64.3 cm³/mol. The van der Waals surface area contributed by atoms with Gasteiger partial charge in [-0.15, -0.1) is 0 Å². The van der Waals surface area contributed by atoms with Crippen molar-refractivity contribution in [3.05, 3.63) is 53.1 Å². The second-order valence-electron chi connectivity index (χ2n) is 4.02. The molecule has 2 aromatic rings. The molecular weight excluding hydrogens is 257 g/mol. The van der Waals surface area contributed by atoms with Crippen molar-refractivity contribution in [3.63, 3.8) is 0 Å². The Balaban J connectivity index is 2.19. The Morgan fingerprint density at radius 2 is 1.79 bits per heavy atom. The van der Waals surface area contributed by atoms with E-state index < -0.39 is 17.5 Å². The van der Waals surface area contributed by atoms with Gasteiger partial charge in [0.2, 0.25) is 0 Å². The fourth-order valence-corrected chi connectivity index (χ4v) is 1.57. The number of benzene rings is 1. The summed E-state index contributed by atoms with van der Waals surface area (Å²) in [4.78, 5) is 4.05. The number of rotatable bonds is 3. The van der Waals surface area contributed by atoms with Crippen LogP contribution in [0.5, 0.6) is 5.75 Å². The second kappa shape index (κ2) is 5.17. The summed E-state index contributed by atoms with van der Waals surface area (Å²) in [6.07, 6.45) is 0. The van der Waals surface area contributed by atoms with E-state index >= 15 is 0 Å². The van der Waals surface area contributed by atoms with E-state index in [4.69, 9.17) is 0 Å². The minimum atomic E-state index is -1.25. The molecule has 0 radical (unpaired) electrons. The van der Waals surface area contributed by atoms with Crippen molar-refractivity contribution in [2.45, 2.75) is 13.5 Å². The maximum absolute atomic E-state index is 13.4. The van der Waals surface area contributed by atoms with Crippen LogP contribution >= 0.6 is 0 Å². The van der Waals surface area contributed by atoms with Gasteiger partial charge in [-0.1, -0.05) is 0 Å². The third-order valence-electron chi connectivity index (χ3n) is 2.55. The Bertz CT molecular complexity index is 617. The normalized spacial score (nSPS) is 10.5. The lowest BCUT2D eigenvalue weighted by Crippen LogP contribution is -2.05. The highest BCUT2D eigenvalue weighted by Gasteiger charge is 2.10. The number of hydrogen-bond donors (Lipinski definition) is 2. The molecule has 0 aliphatic heterocycles. The third-order valence-corrected chi connectivity index (χ3v) is 2.55. The molecule has 1 heterocycles. The van der Waals surface area contributed by atoms with Crippen LogP contribution in [0.15, 0.2) is 24.3 Å². The van der Waals surface area contributed by atoms with E-state index in [1.807, 2.05) is 0 Å². The molecule has 1 aromatic carbocycles. The second-order valence-corrected chi connectivity index (χ2v) is 4.02. The van der Waals surface area contributed by atoms with Gasteiger partial charge in [0.05, 0.1) is 12.2 Å². The Morgan fingerprint density at radius 3 is 2.53 bits per heavy atom. The predicted octanol–water partition coefficient (Wildman–Crippen LogP) is 3.13. The Hall–Kier alpha value is -2.24. The van der Waals surface area contributed by atoms with Gasteiger partial charge in [0.15, 0.2) is 11.6 Å². The highest BCUT2D eigenvalue weighted by Crippen LogP contribution is 2.21. The molecule has 6 heteroatoms. The Morgan fingerprint density at radius 1 is 1.11 bits per heavy atom. The molecule has 0 amide bonds. The fourth-order valence-electron chi connectivity index (χ4n) is 1.57. The molecule has 0 aliphatic rings. The summed E-state index contributed by atoms with van der Waals surface area (Å²) in [6.45, 7) is 1.73. The van der Waals surface area contributed by atoms with Crippen LogP contribution in [0.1, 0.15) is 11.4 Å². The molecule has 100 valence electrons. The lowest BCUT2D eigenvalue weighted by Gasteiger charge is -2.09. The highest BCUT2D eigenvalue weighted by atomic mass is 19.2. The van der Waals surface area contributed by atoms with Crippen LogP contribution in [0.4, 0.5) is 18.9 Å². The molecular formula is C13H11F3N2O. The average molecular weight is 268 g/mol. The lowest BCUT2D eigenvalue weighted by atomic mass is 10.2. The van der Waals surface area contributed by atoms with Crippen LogP contribution in [0, 0.1) is 24.4 Å². The van der Waals surface area contributed by atoms with Gasteiger partial charge >= 0.3 is 0 Å². The summed E-state index contributed by atoms with van der Waals surface area (Å²) >= 11 is 0. The van der Waals surface area contributed by atoms with E-state index in [9.17, 15) is 18.3 Å². The van der Waals surface area contributed by atoms with Crippen molar-refractivity contribution in [1.29, 1.82) is 0 Å². The van der Waals surface area contributed by atoms with Crippen LogP contribution in [0.25, 0.3) is 0 Å². The zero-order valence-corrected chi connectivity index (χ0v) is 10.0. The quantitative estimate of drug-likeness (QED) is 0.841. The first-order valence-corrected chi connectivity index (χ1v) is 5.51. The number of anilines is 1. The largest absolute Gasteiger partial charge is 0.506 e. The molecule has 2 rings (SSSR count). The number of nitrogens with zero attached hydrogens (tertiary/aromatic N) is 1. The molecule has 0 saturated carbocycles. The van der Waals surface area contributed by atoms with E-state index in [1.54, 1.807) is 13.0 Å². The third kappa shape index (κ3) is 2.96. The number of aromatic nitrogens is 1. The number of pyridine rings is 1. The van der Waals surface area contributed by atoms with Crippen LogP contribution in [-0.2, 0) is 6.54 Å². The van der Waals surface area contributed by atoms with Crippen LogP contribution < -0.4 is 5.32 Å². The van der Waals surface area contributed by atoms with E-state index in [0.29, 0.717) is 17.5 Å². The zero-order chi connectivity index (χ0) is 14.0. The first-order valence-electron chi connectivity index (χ1n) is 5.51. The minimum absolute atomic E-state index is 0.00446. The zero-order valence-electron chi connectivity index (χ0n) is 10.0. The van der Waals surface area contributed by atoms with Gasteiger partial charge in [0, 0.05) is 17.8 Å². The minimum Gasteiger partial charge on any atom is -0.506 e. The molecule has 0 bridgehead atoms. The van der Waals surface area contributed by atoms with E-state index in [1.165, 1.54) is 6.07 Å². The Labute approximate surface area is 107 Å². The Kier molecular flexibility index (Phi) is 3.59. The van der Waals surface area contributed by atoms with Gasteiger partial charge in [-0.2, -0.15) is 0 Å². The monoisotopic (exact) mass is 268 g/mol. The van der Waals surface area contributed by atoms with Crippen LogP contribution in [0.2, 0.25) is 0 Å². The molecule has 3 nitrogen and oxygen atoms in total. The maximum atomic E-state index is 13.4.